The number of hydrogen-bond acceptors (Lipinski definition) is 4. The number of benzene rings is 1. The van der Waals surface area contributed by atoms with Crippen molar-refractivity contribution in [1.29, 1.82) is 0 Å². The number of aromatic hydroxyl groups is 2. The molecule has 5 heteroatoms. The molecule has 2 aliphatic rings. The molecule has 0 saturated carbocycles. The van der Waals surface area contributed by atoms with Crippen LogP contribution >= 0.6 is 0 Å². The van der Waals surface area contributed by atoms with Crippen molar-refractivity contribution < 1.29 is 20.1 Å². The molecule has 2 atom stereocenters. The largest absolute Gasteiger partial charge is 0.494 e. The van der Waals surface area contributed by atoms with Gasteiger partial charge in [-0.05, 0) is 18.2 Å². The fourth-order valence-corrected chi connectivity index (χ4v) is 3.09. The highest BCUT2D eigenvalue weighted by atomic mass is 16.5. The van der Waals surface area contributed by atoms with E-state index in [1.807, 2.05) is 18.2 Å². The molecule has 20 heavy (non-hydrogen) atoms. The first kappa shape index (κ1) is 11.6. The predicted molar refractivity (Wildman–Crippen MR) is 70.8 cm³/mol. The first-order valence-electron chi connectivity index (χ1n) is 6.38. The van der Waals surface area contributed by atoms with Gasteiger partial charge in [0.2, 0.25) is 11.8 Å². The molecule has 5 nitrogen and oxygen atoms in total. The van der Waals surface area contributed by atoms with Gasteiger partial charge in [0.1, 0.15) is 11.7 Å². The van der Waals surface area contributed by atoms with E-state index in [0.717, 1.165) is 0 Å². The van der Waals surface area contributed by atoms with E-state index in [9.17, 15) is 15.3 Å². The first-order chi connectivity index (χ1) is 9.68. The molecule has 0 radical (unpaired) electrons. The Kier molecular flexibility index (Phi) is 2.11. The minimum absolute atomic E-state index is 0.0478. The summed E-state index contributed by atoms with van der Waals surface area (Å²) in [5, 5.41) is 30.5. The van der Waals surface area contributed by atoms with E-state index in [1.165, 1.54) is 4.57 Å². The number of rotatable bonds is 2. The number of aromatic nitrogens is 1. The zero-order valence-corrected chi connectivity index (χ0v) is 10.5. The molecule has 0 fully saturated rings. The maximum atomic E-state index is 10.5. The summed E-state index contributed by atoms with van der Waals surface area (Å²) in [5.74, 6) is -0.141. The number of aliphatic hydroxyl groups is 1. The number of para-hydroxylation sites is 1. The summed E-state index contributed by atoms with van der Waals surface area (Å²) in [6.45, 7) is -0.279. The van der Waals surface area contributed by atoms with E-state index in [0.29, 0.717) is 16.8 Å². The van der Waals surface area contributed by atoms with Crippen LogP contribution in [0.25, 0.3) is 5.69 Å². The Balaban J connectivity index is 2.00. The van der Waals surface area contributed by atoms with Crippen LogP contribution in [0.1, 0.15) is 17.2 Å². The van der Waals surface area contributed by atoms with Crippen molar-refractivity contribution >= 4 is 0 Å². The lowest BCUT2D eigenvalue weighted by molar-refractivity contribution is -0.0414. The SMILES string of the molecule is OCC12C=CC(O1)c1c2c(O)n(-c2ccccc2)c1O. The molecule has 0 spiro atoms. The van der Waals surface area contributed by atoms with Crippen LogP contribution in [-0.2, 0) is 10.3 Å². The molecule has 2 aliphatic heterocycles. The molecule has 102 valence electrons. The Morgan fingerprint density at radius 3 is 2.60 bits per heavy atom. The van der Waals surface area contributed by atoms with Gasteiger partial charge in [0, 0.05) is 0 Å². The number of fused-ring (bicyclic) bond motifs is 5. The second kappa shape index (κ2) is 3.65. The average molecular weight is 271 g/mol. The summed E-state index contributed by atoms with van der Waals surface area (Å²) in [6, 6.07) is 9.08. The lowest BCUT2D eigenvalue weighted by atomic mass is 9.90. The van der Waals surface area contributed by atoms with Crippen molar-refractivity contribution in [3.8, 4) is 17.4 Å². The van der Waals surface area contributed by atoms with Gasteiger partial charge < -0.3 is 20.1 Å². The highest BCUT2D eigenvalue weighted by Gasteiger charge is 2.52. The van der Waals surface area contributed by atoms with Gasteiger partial charge in [-0.15, -0.1) is 0 Å². The summed E-state index contributed by atoms with van der Waals surface area (Å²) < 4.78 is 7.05. The van der Waals surface area contributed by atoms with Crippen molar-refractivity contribution in [1.82, 2.24) is 4.57 Å². The molecular formula is C15H13NO4. The quantitative estimate of drug-likeness (QED) is 0.727. The third-order valence-electron chi connectivity index (χ3n) is 3.99. The molecule has 3 N–H and O–H groups in total. The van der Waals surface area contributed by atoms with Crippen LogP contribution in [0.2, 0.25) is 0 Å². The number of aliphatic hydroxyl groups excluding tert-OH is 1. The molecule has 3 heterocycles. The molecular weight excluding hydrogens is 258 g/mol. The van der Waals surface area contributed by atoms with Crippen LogP contribution in [0.3, 0.4) is 0 Å². The molecule has 0 amide bonds. The second-order valence-corrected chi connectivity index (χ2v) is 5.05. The highest BCUT2D eigenvalue weighted by Crippen LogP contribution is 2.58. The van der Waals surface area contributed by atoms with Crippen LogP contribution in [0.5, 0.6) is 11.8 Å². The summed E-state index contributed by atoms with van der Waals surface area (Å²) in [4.78, 5) is 0. The Hall–Kier alpha value is -2.24. The maximum Gasteiger partial charge on any atom is 0.205 e. The van der Waals surface area contributed by atoms with Crippen LogP contribution in [0, 0.1) is 0 Å². The molecule has 0 saturated heterocycles. The number of nitrogens with zero attached hydrogens (tertiary/aromatic N) is 1. The summed E-state index contributed by atoms with van der Waals surface area (Å²) in [6.07, 6.45) is 3.09. The van der Waals surface area contributed by atoms with Gasteiger partial charge in [-0.2, -0.15) is 0 Å². The van der Waals surface area contributed by atoms with Crippen LogP contribution in [0.15, 0.2) is 42.5 Å². The van der Waals surface area contributed by atoms with Gasteiger partial charge in [-0.3, -0.25) is 4.57 Å². The van der Waals surface area contributed by atoms with E-state index >= 15 is 0 Å². The number of hydrogen-bond donors (Lipinski definition) is 3. The van der Waals surface area contributed by atoms with Crippen LogP contribution in [-0.4, -0.2) is 26.5 Å². The minimum atomic E-state index is -1.04. The second-order valence-electron chi connectivity index (χ2n) is 5.05. The Morgan fingerprint density at radius 1 is 1.15 bits per heavy atom. The Bertz CT molecular complexity index is 719. The maximum absolute atomic E-state index is 10.5. The molecule has 4 rings (SSSR count). The smallest absolute Gasteiger partial charge is 0.205 e. The molecule has 0 aliphatic carbocycles. The molecule has 1 aromatic heterocycles. The number of ether oxygens (including phenoxy) is 1. The van der Waals surface area contributed by atoms with Gasteiger partial charge in [-0.25, -0.2) is 0 Å². The van der Waals surface area contributed by atoms with E-state index in [1.54, 1.807) is 24.3 Å². The van der Waals surface area contributed by atoms with E-state index in [4.69, 9.17) is 4.74 Å². The van der Waals surface area contributed by atoms with Gasteiger partial charge in [0.25, 0.3) is 0 Å². The summed E-state index contributed by atoms with van der Waals surface area (Å²) >= 11 is 0. The van der Waals surface area contributed by atoms with Crippen molar-refractivity contribution in [3.05, 3.63) is 53.6 Å². The summed E-state index contributed by atoms with van der Waals surface area (Å²) in [5.41, 5.74) is 0.600. The van der Waals surface area contributed by atoms with E-state index < -0.39 is 11.7 Å². The highest BCUT2D eigenvalue weighted by molar-refractivity contribution is 5.62. The predicted octanol–water partition coefficient (Wildman–Crippen LogP) is 1.72. The molecule has 1 aromatic carbocycles. The molecule has 2 bridgehead atoms. The van der Waals surface area contributed by atoms with Crippen LogP contribution in [0.4, 0.5) is 0 Å². The van der Waals surface area contributed by atoms with Crippen LogP contribution < -0.4 is 0 Å². The topological polar surface area (TPSA) is 74.8 Å². The standard InChI is InChI=1S/C15H13NO4/c17-8-15-7-6-10(20-15)11-12(15)14(19)16(13(11)18)9-4-2-1-3-5-9/h1-7,10,17-19H,8H2. The lowest BCUT2D eigenvalue weighted by Gasteiger charge is -2.20. The normalized spacial score (nSPS) is 26.1. The summed E-state index contributed by atoms with van der Waals surface area (Å²) in [7, 11) is 0. The van der Waals surface area contributed by atoms with Gasteiger partial charge in [-0.1, -0.05) is 24.3 Å². The minimum Gasteiger partial charge on any atom is -0.494 e. The average Bonchev–Trinajstić information content (AvgIpc) is 3.11. The Morgan fingerprint density at radius 2 is 1.90 bits per heavy atom. The fourth-order valence-electron chi connectivity index (χ4n) is 3.09. The third-order valence-corrected chi connectivity index (χ3v) is 3.99. The van der Waals surface area contributed by atoms with Crippen molar-refractivity contribution in [2.75, 3.05) is 6.61 Å². The zero-order chi connectivity index (χ0) is 13.9. The fraction of sp³-hybridized carbons (Fsp3) is 0.200. The monoisotopic (exact) mass is 271 g/mol. The first-order valence-corrected chi connectivity index (χ1v) is 6.38. The van der Waals surface area contributed by atoms with Gasteiger partial charge in [0.15, 0.2) is 0 Å². The van der Waals surface area contributed by atoms with Gasteiger partial charge >= 0.3 is 0 Å². The molecule has 2 aromatic rings. The Labute approximate surface area is 115 Å². The van der Waals surface area contributed by atoms with Gasteiger partial charge in [0.05, 0.1) is 23.4 Å². The zero-order valence-electron chi connectivity index (χ0n) is 10.5. The van der Waals surface area contributed by atoms with E-state index in [-0.39, 0.29) is 18.4 Å². The van der Waals surface area contributed by atoms with Crippen molar-refractivity contribution in [2.24, 2.45) is 0 Å². The van der Waals surface area contributed by atoms with Crippen molar-refractivity contribution in [2.45, 2.75) is 11.7 Å². The van der Waals surface area contributed by atoms with E-state index in [2.05, 4.69) is 0 Å². The molecule has 2 unspecified atom stereocenters. The lowest BCUT2D eigenvalue weighted by Crippen LogP contribution is -2.25. The van der Waals surface area contributed by atoms with Crippen molar-refractivity contribution in [3.63, 3.8) is 0 Å². The third kappa shape index (κ3) is 1.19.